The second-order valence-corrected chi connectivity index (χ2v) is 7.46. The molecule has 1 aromatic heterocycles. The number of amides is 1. The van der Waals surface area contributed by atoms with E-state index in [9.17, 15) is 9.59 Å². The van der Waals surface area contributed by atoms with Crippen LogP contribution in [0.3, 0.4) is 0 Å². The molecule has 1 N–H and O–H groups in total. The number of nitrogens with one attached hydrogen (secondary N) is 1. The molecule has 2 heterocycles. The second kappa shape index (κ2) is 9.63. The zero-order chi connectivity index (χ0) is 17.4. The summed E-state index contributed by atoms with van der Waals surface area (Å²) in [5.74, 6) is -0.0931. The Morgan fingerprint density at radius 3 is 3.12 bits per heavy atom. The van der Waals surface area contributed by atoms with Gasteiger partial charge in [-0.25, -0.2) is 0 Å². The van der Waals surface area contributed by atoms with E-state index in [2.05, 4.69) is 22.1 Å². The first-order valence-corrected chi connectivity index (χ1v) is 9.69. The molecule has 1 atom stereocenters. The first kappa shape index (κ1) is 18.7. The minimum Gasteiger partial charge on any atom is -0.466 e. The van der Waals surface area contributed by atoms with E-state index in [1.54, 1.807) is 17.9 Å². The third-order valence-electron chi connectivity index (χ3n) is 3.52. The maximum Gasteiger partial charge on any atom is 0.310 e. The van der Waals surface area contributed by atoms with Crippen molar-refractivity contribution in [1.82, 2.24) is 15.1 Å². The van der Waals surface area contributed by atoms with Crippen LogP contribution in [0, 0.1) is 5.92 Å². The van der Waals surface area contributed by atoms with Crippen LogP contribution in [0.15, 0.2) is 17.0 Å². The van der Waals surface area contributed by atoms with Gasteiger partial charge in [0.1, 0.15) is 0 Å². The van der Waals surface area contributed by atoms with Crippen LogP contribution in [0.4, 0.5) is 5.13 Å². The normalized spacial score (nSPS) is 17.4. The lowest BCUT2D eigenvalue weighted by atomic mass is 9.98. The molecule has 0 spiro atoms. The van der Waals surface area contributed by atoms with Crippen LogP contribution in [0.1, 0.15) is 19.8 Å². The summed E-state index contributed by atoms with van der Waals surface area (Å²) in [6.07, 6.45) is 3.35. The van der Waals surface area contributed by atoms with Crippen molar-refractivity contribution in [3.8, 4) is 0 Å². The molecule has 0 unspecified atom stereocenters. The number of esters is 1. The summed E-state index contributed by atoms with van der Waals surface area (Å²) in [4.78, 5) is 25.9. The van der Waals surface area contributed by atoms with Crippen LogP contribution in [-0.4, -0.2) is 59.0 Å². The average molecular weight is 371 g/mol. The molecule has 1 fully saturated rings. The van der Waals surface area contributed by atoms with Crippen molar-refractivity contribution < 1.29 is 14.3 Å². The zero-order valence-corrected chi connectivity index (χ0v) is 15.3. The first-order chi connectivity index (χ1) is 11.6. The Bertz CT molecular complexity index is 579. The van der Waals surface area contributed by atoms with Crippen LogP contribution in [0.25, 0.3) is 0 Å². The van der Waals surface area contributed by atoms with Crippen molar-refractivity contribution in [2.24, 2.45) is 5.92 Å². The molecule has 132 valence electrons. The fourth-order valence-corrected chi connectivity index (χ4v) is 4.03. The minimum atomic E-state index is -0.205. The van der Waals surface area contributed by atoms with E-state index >= 15 is 0 Å². The van der Waals surface area contributed by atoms with Crippen LogP contribution >= 0.6 is 23.1 Å². The summed E-state index contributed by atoms with van der Waals surface area (Å²) in [7, 11) is 0. The van der Waals surface area contributed by atoms with E-state index in [4.69, 9.17) is 4.74 Å². The molecular formula is C15H22N4O3S2. The van der Waals surface area contributed by atoms with E-state index < -0.39 is 0 Å². The molecule has 1 aromatic rings. The summed E-state index contributed by atoms with van der Waals surface area (Å²) in [6, 6.07) is 0. The molecule has 7 nitrogen and oxygen atoms in total. The van der Waals surface area contributed by atoms with Crippen LogP contribution in [0.2, 0.25) is 0 Å². The quantitative estimate of drug-likeness (QED) is 0.426. The van der Waals surface area contributed by atoms with Gasteiger partial charge in [0.2, 0.25) is 11.0 Å². The number of nitrogens with zero attached hydrogens (tertiary/aromatic N) is 3. The Hall–Kier alpha value is -1.61. The van der Waals surface area contributed by atoms with E-state index in [0.717, 1.165) is 17.2 Å². The lowest BCUT2D eigenvalue weighted by Gasteiger charge is -2.31. The van der Waals surface area contributed by atoms with Gasteiger partial charge in [-0.1, -0.05) is 29.2 Å². The van der Waals surface area contributed by atoms with E-state index in [1.807, 2.05) is 0 Å². The predicted molar refractivity (Wildman–Crippen MR) is 95.3 cm³/mol. The number of anilines is 1. The average Bonchev–Trinajstić information content (AvgIpc) is 3.06. The molecule has 24 heavy (non-hydrogen) atoms. The van der Waals surface area contributed by atoms with Crippen molar-refractivity contribution in [2.75, 3.05) is 37.3 Å². The van der Waals surface area contributed by atoms with E-state index in [-0.39, 0.29) is 17.8 Å². The Morgan fingerprint density at radius 1 is 1.54 bits per heavy atom. The summed E-state index contributed by atoms with van der Waals surface area (Å²) in [5.41, 5.74) is 0. The van der Waals surface area contributed by atoms with Crippen molar-refractivity contribution in [3.63, 3.8) is 0 Å². The molecule has 0 aliphatic carbocycles. The van der Waals surface area contributed by atoms with Gasteiger partial charge in [-0.15, -0.1) is 16.8 Å². The fourth-order valence-electron chi connectivity index (χ4n) is 2.37. The number of thioether (sulfide) groups is 1. The third-order valence-corrected chi connectivity index (χ3v) is 5.52. The largest absolute Gasteiger partial charge is 0.466 e. The van der Waals surface area contributed by atoms with Gasteiger partial charge in [0.15, 0.2) is 4.34 Å². The van der Waals surface area contributed by atoms with Gasteiger partial charge in [-0.3, -0.25) is 9.59 Å². The number of hydrogen-bond donors (Lipinski definition) is 1. The topological polar surface area (TPSA) is 84.4 Å². The standard InChI is InChI=1S/C15H22N4O3S2/c1-3-7-16-14-17-18-15(24-14)23-10-12(20)19-8-5-6-11(9-19)13(21)22-4-2/h3,11H,1,4-10H2,2H3,(H,16,17)/t11-/m0/s1. The number of ether oxygens (including phenoxy) is 1. The van der Waals surface area contributed by atoms with Gasteiger partial charge in [0.05, 0.1) is 18.3 Å². The molecule has 0 aromatic carbocycles. The summed E-state index contributed by atoms with van der Waals surface area (Å²) >= 11 is 2.78. The summed E-state index contributed by atoms with van der Waals surface area (Å²) in [6.45, 7) is 7.56. The Labute approximate surface area is 149 Å². The first-order valence-electron chi connectivity index (χ1n) is 7.89. The second-order valence-electron chi connectivity index (χ2n) is 5.26. The van der Waals surface area contributed by atoms with Gasteiger partial charge in [-0.2, -0.15) is 0 Å². The van der Waals surface area contributed by atoms with Crippen LogP contribution < -0.4 is 5.32 Å². The third kappa shape index (κ3) is 5.48. The van der Waals surface area contributed by atoms with Crippen molar-refractivity contribution in [1.29, 1.82) is 0 Å². The molecule has 2 rings (SSSR count). The number of carbonyl (C=O) groups is 2. The van der Waals surface area contributed by atoms with Gasteiger partial charge >= 0.3 is 5.97 Å². The molecule has 0 radical (unpaired) electrons. The molecule has 1 saturated heterocycles. The minimum absolute atomic E-state index is 0.0183. The summed E-state index contributed by atoms with van der Waals surface area (Å²) in [5, 5.41) is 11.8. The molecule has 1 amide bonds. The number of piperidine rings is 1. The van der Waals surface area contributed by atoms with Gasteiger partial charge in [0, 0.05) is 19.6 Å². The van der Waals surface area contributed by atoms with Crippen molar-refractivity contribution in [3.05, 3.63) is 12.7 Å². The Morgan fingerprint density at radius 2 is 2.38 bits per heavy atom. The monoisotopic (exact) mass is 370 g/mol. The van der Waals surface area contributed by atoms with Gasteiger partial charge < -0.3 is 15.0 Å². The molecule has 0 bridgehead atoms. The zero-order valence-electron chi connectivity index (χ0n) is 13.7. The number of carbonyl (C=O) groups excluding carboxylic acids is 2. The molecule has 1 aliphatic rings. The SMILES string of the molecule is C=CCNc1nnc(SCC(=O)N2CCC[C@H](C(=O)OCC)C2)s1. The van der Waals surface area contributed by atoms with Crippen LogP contribution in [0.5, 0.6) is 0 Å². The van der Waals surface area contributed by atoms with Gasteiger partial charge in [-0.05, 0) is 19.8 Å². The molecule has 9 heteroatoms. The lowest BCUT2D eigenvalue weighted by Crippen LogP contribution is -2.43. The lowest BCUT2D eigenvalue weighted by molar-refractivity contribution is -0.151. The maximum absolute atomic E-state index is 12.4. The highest BCUT2D eigenvalue weighted by molar-refractivity contribution is 8.01. The Balaban J connectivity index is 1.80. The highest BCUT2D eigenvalue weighted by Gasteiger charge is 2.29. The highest BCUT2D eigenvalue weighted by Crippen LogP contribution is 2.26. The highest BCUT2D eigenvalue weighted by atomic mass is 32.2. The summed E-state index contributed by atoms with van der Waals surface area (Å²) < 4.78 is 5.81. The number of likely N-dealkylation sites (tertiary alicyclic amines) is 1. The van der Waals surface area contributed by atoms with Crippen molar-refractivity contribution in [2.45, 2.75) is 24.1 Å². The number of hydrogen-bond acceptors (Lipinski definition) is 8. The fraction of sp³-hybridized carbons (Fsp3) is 0.600. The van der Waals surface area contributed by atoms with Gasteiger partial charge in [0.25, 0.3) is 0 Å². The Kier molecular flexibility index (Phi) is 7.51. The van der Waals surface area contributed by atoms with E-state index in [1.165, 1.54) is 23.1 Å². The number of aromatic nitrogens is 2. The molecular weight excluding hydrogens is 348 g/mol. The van der Waals surface area contributed by atoms with Crippen molar-refractivity contribution >= 4 is 40.1 Å². The predicted octanol–water partition coefficient (Wildman–Crippen LogP) is 2.03. The maximum atomic E-state index is 12.4. The molecule has 1 aliphatic heterocycles. The van der Waals surface area contributed by atoms with E-state index in [0.29, 0.717) is 37.1 Å². The smallest absolute Gasteiger partial charge is 0.310 e. The molecule has 0 saturated carbocycles. The van der Waals surface area contributed by atoms with Crippen LogP contribution in [-0.2, 0) is 14.3 Å². The number of rotatable bonds is 8.